The van der Waals surface area contributed by atoms with E-state index in [1.165, 1.54) is 5.75 Å². The maximum absolute atomic E-state index is 3.98. The smallest absolute Gasteiger partial charge is 0.00183 e. The van der Waals surface area contributed by atoms with Gasteiger partial charge in [0.2, 0.25) is 0 Å². The summed E-state index contributed by atoms with van der Waals surface area (Å²) in [5.74, 6) is 2.17. The maximum Gasteiger partial charge on any atom is 0.00183 e. The van der Waals surface area contributed by atoms with Crippen molar-refractivity contribution in [2.75, 3.05) is 17.8 Å². The van der Waals surface area contributed by atoms with Gasteiger partial charge in [-0.25, -0.2) is 0 Å². The molecule has 0 N–H and O–H groups in total. The molecule has 3 heteroatoms. The molecule has 0 heterocycles. The van der Waals surface area contributed by atoms with Crippen molar-refractivity contribution in [2.45, 2.75) is 0 Å². The van der Waals surface area contributed by atoms with Crippen LogP contribution in [0.1, 0.15) is 0 Å². The zero-order valence-corrected chi connectivity index (χ0v) is 7.98. The van der Waals surface area contributed by atoms with Crippen molar-refractivity contribution < 1.29 is 0 Å². The second-order valence-electron chi connectivity index (χ2n) is 0.716. The van der Waals surface area contributed by atoms with E-state index < -0.39 is 0 Å². The molecule has 0 amide bonds. The molecule has 1 radical (unpaired) electrons. The molecule has 0 aromatic heterocycles. The van der Waals surface area contributed by atoms with Gasteiger partial charge in [0.1, 0.15) is 0 Å². The van der Waals surface area contributed by atoms with Gasteiger partial charge in [-0.15, -0.1) is 0 Å². The fourth-order valence-electron chi connectivity index (χ4n) is 0.0913. The van der Waals surface area contributed by atoms with Crippen LogP contribution in [-0.4, -0.2) is 47.3 Å². The summed E-state index contributed by atoms with van der Waals surface area (Å²) >= 11 is 5.81. The molecule has 0 saturated carbocycles. The molecule has 0 spiro atoms. The molecule has 0 aliphatic heterocycles. The van der Waals surface area contributed by atoms with Crippen molar-refractivity contribution in [3.8, 4) is 0 Å². The number of hydrogen-bond acceptors (Lipinski definition) is 2. The summed E-state index contributed by atoms with van der Waals surface area (Å²) in [6.45, 7) is 0. The molecule has 33 valence electrons. The van der Waals surface area contributed by atoms with Crippen molar-refractivity contribution in [1.29, 1.82) is 0 Å². The van der Waals surface area contributed by atoms with Gasteiger partial charge in [0.05, 0.1) is 0 Å². The van der Waals surface area contributed by atoms with Crippen molar-refractivity contribution in [3.05, 3.63) is 0 Å². The Balaban J connectivity index is 0. The molecule has 0 aromatic rings. The van der Waals surface area contributed by atoms with Crippen molar-refractivity contribution >= 4 is 53.9 Å². The fourth-order valence-corrected chi connectivity index (χ4v) is 0.822. The number of thiol groups is 1. The van der Waals surface area contributed by atoms with Gasteiger partial charge in [-0.05, 0) is 12.0 Å². The topological polar surface area (TPSA) is 0 Å². The van der Waals surface area contributed by atoms with Gasteiger partial charge in [0.15, 0.2) is 0 Å². The first-order chi connectivity index (χ1) is 2.41. The fraction of sp³-hybridized carbons (Fsp3) is 1.00. The Morgan fingerprint density at radius 1 is 1.67 bits per heavy atom. The predicted molar refractivity (Wildman–Crippen MR) is 38.0 cm³/mol. The zero-order chi connectivity index (χ0) is 4.12. The Hall–Kier alpha value is 1.70. The Kier molecular flexibility index (Phi) is 17.5. The van der Waals surface area contributed by atoms with E-state index in [1.54, 1.807) is 0 Å². The summed E-state index contributed by atoms with van der Waals surface area (Å²) in [5, 5.41) is 0. The SMILES string of the molecule is CSCCS.[Na]. The van der Waals surface area contributed by atoms with Gasteiger partial charge in [-0.1, -0.05) is 0 Å². The number of rotatable bonds is 2. The second kappa shape index (κ2) is 9.85. The average molecular weight is 131 g/mol. The third kappa shape index (κ3) is 9.20. The Bertz CT molecular complexity index is 16.3. The summed E-state index contributed by atoms with van der Waals surface area (Å²) in [6.07, 6.45) is 2.08. The summed E-state index contributed by atoms with van der Waals surface area (Å²) in [4.78, 5) is 0. The summed E-state index contributed by atoms with van der Waals surface area (Å²) < 4.78 is 0. The van der Waals surface area contributed by atoms with Gasteiger partial charge in [-0.3, -0.25) is 0 Å². The largest absolute Gasteiger partial charge is 0.179 e. The standard InChI is InChI=1S/C3H8S2.Na/c1-5-3-2-4;/h4H,2-3H2,1H3;. The van der Waals surface area contributed by atoms with Crippen LogP contribution in [0.4, 0.5) is 0 Å². The quantitative estimate of drug-likeness (QED) is 0.429. The van der Waals surface area contributed by atoms with E-state index in [0.717, 1.165) is 5.75 Å². The molecular formula is C3H8NaS2. The zero-order valence-electron chi connectivity index (χ0n) is 4.27. The van der Waals surface area contributed by atoms with Crippen LogP contribution >= 0.6 is 24.4 Å². The van der Waals surface area contributed by atoms with Crippen LogP contribution < -0.4 is 0 Å². The molecule has 0 atom stereocenters. The van der Waals surface area contributed by atoms with E-state index in [4.69, 9.17) is 0 Å². The molecule has 6 heavy (non-hydrogen) atoms. The average Bonchev–Trinajstić information content (AvgIpc) is 1.41. The molecule has 0 fully saturated rings. The first kappa shape index (κ1) is 10.6. The third-order valence-electron chi connectivity index (χ3n) is 0.295. The first-order valence-corrected chi connectivity index (χ1v) is 3.54. The van der Waals surface area contributed by atoms with E-state index in [0.29, 0.717) is 0 Å². The Morgan fingerprint density at radius 2 is 2.17 bits per heavy atom. The van der Waals surface area contributed by atoms with Crippen LogP contribution in [0, 0.1) is 0 Å². The second-order valence-corrected chi connectivity index (χ2v) is 2.15. The summed E-state index contributed by atoms with van der Waals surface area (Å²) in [6, 6.07) is 0. The van der Waals surface area contributed by atoms with Crippen molar-refractivity contribution in [1.82, 2.24) is 0 Å². The van der Waals surface area contributed by atoms with Gasteiger partial charge in [0.25, 0.3) is 0 Å². The predicted octanol–water partition coefficient (Wildman–Crippen LogP) is 0.898. The van der Waals surface area contributed by atoms with E-state index in [1.807, 2.05) is 11.8 Å². The first-order valence-electron chi connectivity index (χ1n) is 1.51. The minimum absolute atomic E-state index is 0. The molecule has 0 aliphatic rings. The molecule has 0 saturated heterocycles. The monoisotopic (exact) mass is 131 g/mol. The van der Waals surface area contributed by atoms with Gasteiger partial charge in [-0.2, -0.15) is 24.4 Å². The minimum atomic E-state index is 0. The molecule has 0 aliphatic carbocycles. The van der Waals surface area contributed by atoms with Crippen LogP contribution in [0.25, 0.3) is 0 Å². The molecular weight excluding hydrogens is 123 g/mol. The van der Waals surface area contributed by atoms with Gasteiger partial charge >= 0.3 is 0 Å². The van der Waals surface area contributed by atoms with E-state index in [2.05, 4.69) is 18.9 Å². The molecule has 0 nitrogen and oxygen atoms in total. The van der Waals surface area contributed by atoms with E-state index in [-0.39, 0.29) is 29.6 Å². The van der Waals surface area contributed by atoms with Crippen LogP contribution in [0.3, 0.4) is 0 Å². The van der Waals surface area contributed by atoms with Crippen LogP contribution in [0.5, 0.6) is 0 Å². The van der Waals surface area contributed by atoms with Gasteiger partial charge < -0.3 is 0 Å². The Morgan fingerprint density at radius 3 is 2.17 bits per heavy atom. The summed E-state index contributed by atoms with van der Waals surface area (Å²) in [7, 11) is 0. The Labute approximate surface area is 71.2 Å². The molecule has 0 rings (SSSR count). The van der Waals surface area contributed by atoms with Crippen LogP contribution in [0.2, 0.25) is 0 Å². The number of thioether (sulfide) groups is 1. The minimum Gasteiger partial charge on any atom is -0.179 e. The van der Waals surface area contributed by atoms with Crippen molar-refractivity contribution in [3.63, 3.8) is 0 Å². The van der Waals surface area contributed by atoms with E-state index in [9.17, 15) is 0 Å². The summed E-state index contributed by atoms with van der Waals surface area (Å²) in [5.41, 5.74) is 0. The third-order valence-corrected chi connectivity index (χ3v) is 1.43. The number of hydrogen-bond donors (Lipinski definition) is 1. The van der Waals surface area contributed by atoms with Crippen LogP contribution in [-0.2, 0) is 0 Å². The van der Waals surface area contributed by atoms with E-state index >= 15 is 0 Å². The molecule has 0 aromatic carbocycles. The normalized spacial score (nSPS) is 7.00. The van der Waals surface area contributed by atoms with Crippen molar-refractivity contribution in [2.24, 2.45) is 0 Å². The van der Waals surface area contributed by atoms with Gasteiger partial charge in [0, 0.05) is 35.3 Å². The molecule has 0 unspecified atom stereocenters. The van der Waals surface area contributed by atoms with Crippen LogP contribution in [0.15, 0.2) is 0 Å². The molecule has 0 bridgehead atoms. The maximum atomic E-state index is 3.98.